The third-order valence-corrected chi connectivity index (χ3v) is 9.04. The Labute approximate surface area is 256 Å². The normalized spacial score (nSPS) is 14.7. The fourth-order valence-corrected chi connectivity index (χ4v) is 6.28. The van der Waals surface area contributed by atoms with Gasteiger partial charge in [0, 0.05) is 24.0 Å². The minimum absolute atomic E-state index is 0.00545. The van der Waals surface area contributed by atoms with E-state index in [1.54, 1.807) is 24.3 Å². The quantitative estimate of drug-likeness (QED) is 0.281. The van der Waals surface area contributed by atoms with Gasteiger partial charge < -0.3 is 10.2 Å². The van der Waals surface area contributed by atoms with E-state index in [1.165, 1.54) is 11.0 Å². The molecule has 1 fully saturated rings. The van der Waals surface area contributed by atoms with Crippen molar-refractivity contribution in [2.45, 2.75) is 57.2 Å². The Morgan fingerprint density at radius 2 is 1.62 bits per heavy atom. The van der Waals surface area contributed by atoms with E-state index in [1.807, 2.05) is 30.3 Å². The largest absolute Gasteiger partial charge is 0.352 e. The SMILES string of the molecule is CS(=O)(=O)N(CC(=O)N(Cc1ccc(Cl)cc1)C(Cc1ccccc1)C(=O)NC1CCCCC1)c1ccc(F)c(Cl)c1. The molecule has 1 unspecified atom stereocenters. The fourth-order valence-electron chi connectivity index (χ4n) is 5.14. The Bertz CT molecular complexity index is 1480. The van der Waals surface area contributed by atoms with Crippen molar-refractivity contribution in [3.8, 4) is 0 Å². The van der Waals surface area contributed by atoms with Gasteiger partial charge in [-0.25, -0.2) is 12.8 Å². The summed E-state index contributed by atoms with van der Waals surface area (Å²) < 4.78 is 40.5. The van der Waals surface area contributed by atoms with Crippen LogP contribution in [-0.2, 0) is 32.6 Å². The maximum Gasteiger partial charge on any atom is 0.244 e. The van der Waals surface area contributed by atoms with Gasteiger partial charge in [-0.2, -0.15) is 0 Å². The smallest absolute Gasteiger partial charge is 0.244 e. The molecule has 2 amide bonds. The van der Waals surface area contributed by atoms with E-state index < -0.39 is 34.3 Å². The molecule has 3 aromatic rings. The number of halogens is 3. The Balaban J connectivity index is 1.72. The van der Waals surface area contributed by atoms with Gasteiger partial charge >= 0.3 is 0 Å². The lowest BCUT2D eigenvalue weighted by molar-refractivity contribution is -0.140. The number of nitrogens with zero attached hydrogens (tertiary/aromatic N) is 2. The molecular formula is C31H34Cl2FN3O4S. The van der Waals surface area contributed by atoms with E-state index in [0.717, 1.165) is 60.4 Å². The lowest BCUT2D eigenvalue weighted by atomic mass is 9.94. The van der Waals surface area contributed by atoms with E-state index in [0.29, 0.717) is 10.6 Å². The zero-order valence-corrected chi connectivity index (χ0v) is 25.6. The van der Waals surface area contributed by atoms with Crippen molar-refractivity contribution >= 4 is 50.7 Å². The van der Waals surface area contributed by atoms with Crippen LogP contribution in [0.2, 0.25) is 10.0 Å². The van der Waals surface area contributed by atoms with Crippen LogP contribution in [0.25, 0.3) is 0 Å². The summed E-state index contributed by atoms with van der Waals surface area (Å²) in [6.45, 7) is -0.580. The molecule has 1 N–H and O–H groups in total. The molecule has 0 heterocycles. The number of carbonyl (C=O) groups excluding carboxylic acids is 2. The molecule has 0 bridgehead atoms. The predicted octanol–water partition coefficient (Wildman–Crippen LogP) is 5.99. The minimum Gasteiger partial charge on any atom is -0.352 e. The Morgan fingerprint density at radius 3 is 2.24 bits per heavy atom. The fraction of sp³-hybridized carbons (Fsp3) is 0.355. The molecule has 7 nitrogen and oxygen atoms in total. The molecule has 1 atom stereocenters. The summed E-state index contributed by atoms with van der Waals surface area (Å²) in [6, 6.07) is 18.8. The molecule has 0 radical (unpaired) electrons. The summed E-state index contributed by atoms with van der Waals surface area (Å²) >= 11 is 12.0. The number of hydrogen-bond acceptors (Lipinski definition) is 4. The minimum atomic E-state index is -4.00. The first kappa shape index (κ1) is 31.8. The first-order valence-corrected chi connectivity index (χ1v) is 16.4. The molecule has 3 aromatic carbocycles. The number of benzene rings is 3. The van der Waals surface area contributed by atoms with Crippen molar-refractivity contribution in [3.05, 3.63) is 99.8 Å². The van der Waals surface area contributed by atoms with Crippen LogP contribution in [0.1, 0.15) is 43.2 Å². The predicted molar refractivity (Wildman–Crippen MR) is 165 cm³/mol. The van der Waals surface area contributed by atoms with Crippen molar-refractivity contribution in [3.63, 3.8) is 0 Å². The lowest BCUT2D eigenvalue weighted by Crippen LogP contribution is -2.55. The number of nitrogens with one attached hydrogen (secondary N) is 1. The van der Waals surface area contributed by atoms with E-state index in [4.69, 9.17) is 23.2 Å². The maximum atomic E-state index is 14.1. The van der Waals surface area contributed by atoms with Crippen molar-refractivity contribution < 1.29 is 22.4 Å². The highest BCUT2D eigenvalue weighted by Gasteiger charge is 2.34. The summed E-state index contributed by atoms with van der Waals surface area (Å²) in [6.07, 6.45) is 6.06. The zero-order valence-electron chi connectivity index (χ0n) is 23.3. The third kappa shape index (κ3) is 8.69. The first-order valence-electron chi connectivity index (χ1n) is 13.8. The van der Waals surface area contributed by atoms with Crippen LogP contribution in [0.3, 0.4) is 0 Å². The van der Waals surface area contributed by atoms with E-state index in [2.05, 4.69) is 5.32 Å². The molecule has 224 valence electrons. The van der Waals surface area contributed by atoms with Crippen molar-refractivity contribution in [2.75, 3.05) is 17.1 Å². The van der Waals surface area contributed by atoms with Gasteiger partial charge in [0.25, 0.3) is 0 Å². The zero-order chi connectivity index (χ0) is 30.3. The molecule has 11 heteroatoms. The second-order valence-electron chi connectivity index (χ2n) is 10.6. The molecule has 0 aromatic heterocycles. The summed E-state index contributed by atoms with van der Waals surface area (Å²) in [5.41, 5.74) is 1.60. The molecule has 0 saturated heterocycles. The summed E-state index contributed by atoms with van der Waals surface area (Å²) in [5, 5.41) is 3.39. The Kier molecular flexibility index (Phi) is 10.9. The average Bonchev–Trinajstić information content (AvgIpc) is 2.96. The molecule has 0 aliphatic heterocycles. The average molecular weight is 635 g/mol. The van der Waals surface area contributed by atoms with Crippen LogP contribution in [0.5, 0.6) is 0 Å². The number of amides is 2. The molecular weight excluding hydrogens is 600 g/mol. The van der Waals surface area contributed by atoms with Gasteiger partial charge in [-0.1, -0.05) is 84.9 Å². The van der Waals surface area contributed by atoms with Gasteiger partial charge in [-0.15, -0.1) is 0 Å². The third-order valence-electron chi connectivity index (χ3n) is 7.36. The second-order valence-corrected chi connectivity index (χ2v) is 13.3. The van der Waals surface area contributed by atoms with Crippen LogP contribution >= 0.6 is 23.2 Å². The number of hydrogen-bond donors (Lipinski definition) is 1. The maximum absolute atomic E-state index is 14.1. The van der Waals surface area contributed by atoms with Gasteiger partial charge in [0.2, 0.25) is 21.8 Å². The van der Waals surface area contributed by atoms with Crippen molar-refractivity contribution in [1.82, 2.24) is 10.2 Å². The highest BCUT2D eigenvalue weighted by Crippen LogP contribution is 2.26. The van der Waals surface area contributed by atoms with Crippen LogP contribution in [0, 0.1) is 5.82 Å². The number of anilines is 1. The van der Waals surface area contributed by atoms with E-state index in [-0.39, 0.29) is 35.6 Å². The van der Waals surface area contributed by atoms with Crippen LogP contribution in [-0.4, -0.2) is 50.0 Å². The molecule has 42 heavy (non-hydrogen) atoms. The number of carbonyl (C=O) groups is 2. The molecule has 1 saturated carbocycles. The summed E-state index contributed by atoms with van der Waals surface area (Å²) in [4.78, 5) is 29.5. The molecule has 1 aliphatic rings. The summed E-state index contributed by atoms with van der Waals surface area (Å²) in [5.74, 6) is -1.62. The standard InChI is InChI=1S/C31H34Cl2FN3O4S/c1-42(40,41)37(26-16-17-28(34)27(33)19-26)21-30(38)36(20-23-12-14-24(32)15-13-23)29(18-22-8-4-2-5-9-22)31(39)35-25-10-6-3-7-11-25/h2,4-5,8-9,12-17,19,25,29H,3,6-7,10-11,18,20-21H2,1H3,(H,35,39). The number of rotatable bonds is 11. The first-order chi connectivity index (χ1) is 20.0. The molecule has 1 aliphatic carbocycles. The van der Waals surface area contributed by atoms with Gasteiger partial charge in [0.1, 0.15) is 18.4 Å². The molecule has 0 spiro atoms. The van der Waals surface area contributed by atoms with E-state index in [9.17, 15) is 22.4 Å². The lowest BCUT2D eigenvalue weighted by Gasteiger charge is -2.35. The van der Waals surface area contributed by atoms with E-state index >= 15 is 0 Å². The Hall–Kier alpha value is -3.14. The monoisotopic (exact) mass is 633 g/mol. The second kappa shape index (κ2) is 14.4. The van der Waals surface area contributed by atoms with Crippen LogP contribution in [0.15, 0.2) is 72.8 Å². The highest BCUT2D eigenvalue weighted by molar-refractivity contribution is 7.92. The van der Waals surface area contributed by atoms with Gasteiger partial charge in [-0.3, -0.25) is 13.9 Å². The van der Waals surface area contributed by atoms with Gasteiger partial charge in [0.05, 0.1) is 17.0 Å². The van der Waals surface area contributed by atoms with Crippen molar-refractivity contribution in [2.24, 2.45) is 0 Å². The van der Waals surface area contributed by atoms with Crippen molar-refractivity contribution in [1.29, 1.82) is 0 Å². The number of sulfonamides is 1. The summed E-state index contributed by atoms with van der Waals surface area (Å²) in [7, 11) is -4.00. The molecule has 4 rings (SSSR count). The highest BCUT2D eigenvalue weighted by atomic mass is 35.5. The van der Waals surface area contributed by atoms with Crippen LogP contribution < -0.4 is 9.62 Å². The van der Waals surface area contributed by atoms with Crippen LogP contribution in [0.4, 0.5) is 10.1 Å². The topological polar surface area (TPSA) is 86.8 Å². The van der Waals surface area contributed by atoms with Gasteiger partial charge in [-0.05, 0) is 54.3 Å². The Morgan fingerprint density at radius 1 is 0.952 bits per heavy atom. The van der Waals surface area contributed by atoms with Gasteiger partial charge in [0.15, 0.2) is 0 Å².